The minimum absolute atomic E-state index is 0.0702. The van der Waals surface area contributed by atoms with Crippen LogP contribution in [0.2, 0.25) is 0 Å². The van der Waals surface area contributed by atoms with Crippen molar-refractivity contribution in [3.8, 4) is 0 Å². The first-order valence-electron chi connectivity index (χ1n) is 5.12. The van der Waals surface area contributed by atoms with Crippen LogP contribution in [0.15, 0.2) is 24.3 Å². The highest BCUT2D eigenvalue weighted by Crippen LogP contribution is 2.45. The molecule has 1 saturated heterocycles. The lowest BCUT2D eigenvalue weighted by Gasteiger charge is -2.27. The van der Waals surface area contributed by atoms with Gasteiger partial charge in [0.1, 0.15) is 0 Å². The quantitative estimate of drug-likeness (QED) is 0.609. The second-order valence-corrected chi connectivity index (χ2v) is 4.53. The molecule has 2 heterocycles. The molecular weight excluding hydrogens is 174 g/mol. The van der Waals surface area contributed by atoms with Crippen molar-refractivity contribution in [3.05, 3.63) is 29.8 Å². The number of carbonyl (C=O) groups excluding carboxylic acids is 1. The molecule has 0 aromatic heterocycles. The van der Waals surface area contributed by atoms with Gasteiger partial charge in [-0.15, -0.1) is 0 Å². The number of fused-ring (bicyclic) bond motifs is 3. The van der Waals surface area contributed by atoms with Gasteiger partial charge in [-0.25, -0.2) is 0 Å². The van der Waals surface area contributed by atoms with Crippen molar-refractivity contribution in [3.63, 3.8) is 0 Å². The number of hydrogen-bond donors (Lipinski definition) is 0. The molecule has 3 rings (SSSR count). The maximum Gasteiger partial charge on any atom is 0.227 e. The average molecular weight is 187 g/mol. The normalized spacial score (nSPS) is 29.2. The van der Waals surface area contributed by atoms with Crippen LogP contribution in [0.25, 0.3) is 0 Å². The average Bonchev–Trinajstić information content (AvgIpc) is 2.60. The fourth-order valence-corrected chi connectivity index (χ4v) is 2.78. The van der Waals surface area contributed by atoms with Crippen LogP contribution >= 0.6 is 0 Å². The molecule has 2 aliphatic heterocycles. The summed E-state index contributed by atoms with van der Waals surface area (Å²) in [6, 6.07) is 8.25. The highest BCUT2D eigenvalue weighted by atomic mass is 16.2. The zero-order valence-corrected chi connectivity index (χ0v) is 8.29. The van der Waals surface area contributed by atoms with Gasteiger partial charge < -0.3 is 4.90 Å². The van der Waals surface area contributed by atoms with Gasteiger partial charge in [0.25, 0.3) is 0 Å². The molecular formula is C12H13NO. The van der Waals surface area contributed by atoms with E-state index < -0.39 is 0 Å². The highest BCUT2D eigenvalue weighted by molar-refractivity contribution is 5.99. The Morgan fingerprint density at radius 2 is 2.14 bits per heavy atom. The van der Waals surface area contributed by atoms with E-state index >= 15 is 0 Å². The predicted molar refractivity (Wildman–Crippen MR) is 55.3 cm³/mol. The largest absolute Gasteiger partial charge is 0.306 e. The maximum atomic E-state index is 11.7. The number of amides is 1. The van der Waals surface area contributed by atoms with E-state index in [1.54, 1.807) is 0 Å². The van der Waals surface area contributed by atoms with E-state index in [4.69, 9.17) is 0 Å². The summed E-state index contributed by atoms with van der Waals surface area (Å²) in [5, 5.41) is 0. The number of anilines is 1. The Bertz CT molecular complexity index is 413. The van der Waals surface area contributed by atoms with Crippen LogP contribution in [0.5, 0.6) is 0 Å². The maximum absolute atomic E-state index is 11.7. The van der Waals surface area contributed by atoms with E-state index in [-0.39, 0.29) is 11.4 Å². The zero-order chi connectivity index (χ0) is 9.76. The third-order valence-electron chi connectivity index (χ3n) is 3.47. The topological polar surface area (TPSA) is 20.3 Å². The third kappa shape index (κ3) is 0.834. The molecule has 1 unspecified atom stereocenters. The molecule has 0 N–H and O–H groups in total. The molecule has 2 nitrogen and oxygen atoms in total. The van der Waals surface area contributed by atoms with Gasteiger partial charge in [-0.1, -0.05) is 18.2 Å². The van der Waals surface area contributed by atoms with Gasteiger partial charge in [-0.3, -0.25) is 4.79 Å². The number of nitrogens with zero attached hydrogens (tertiary/aromatic N) is 1. The third-order valence-corrected chi connectivity index (χ3v) is 3.47. The van der Waals surface area contributed by atoms with Crippen LogP contribution in [0.1, 0.15) is 25.3 Å². The molecule has 0 saturated carbocycles. The van der Waals surface area contributed by atoms with Crippen LogP contribution in [0.4, 0.5) is 5.69 Å². The van der Waals surface area contributed by atoms with Crippen molar-refractivity contribution in [2.24, 2.45) is 0 Å². The van der Waals surface area contributed by atoms with E-state index in [0.29, 0.717) is 6.42 Å². The Kier molecular flexibility index (Phi) is 1.37. The van der Waals surface area contributed by atoms with Gasteiger partial charge in [-0.2, -0.15) is 0 Å². The zero-order valence-electron chi connectivity index (χ0n) is 8.29. The van der Waals surface area contributed by atoms with Crippen LogP contribution in [0.3, 0.4) is 0 Å². The summed E-state index contributed by atoms with van der Waals surface area (Å²) < 4.78 is 0. The van der Waals surface area contributed by atoms with Gasteiger partial charge in [0, 0.05) is 17.6 Å². The van der Waals surface area contributed by atoms with E-state index in [1.807, 2.05) is 11.0 Å². The lowest BCUT2D eigenvalue weighted by atomic mass is 9.95. The second-order valence-electron chi connectivity index (χ2n) is 4.53. The van der Waals surface area contributed by atoms with Gasteiger partial charge in [-0.05, 0) is 31.4 Å². The van der Waals surface area contributed by atoms with Gasteiger partial charge in [0.15, 0.2) is 0 Å². The smallest absolute Gasteiger partial charge is 0.227 e. The fraction of sp³-hybridized carbons (Fsp3) is 0.417. The number of carbonyl (C=O) groups is 1. The molecule has 1 aromatic rings. The van der Waals surface area contributed by atoms with E-state index in [0.717, 1.165) is 18.5 Å². The minimum atomic E-state index is 0.0702. The van der Waals surface area contributed by atoms with Gasteiger partial charge in [0.2, 0.25) is 5.91 Å². The summed E-state index contributed by atoms with van der Waals surface area (Å²) in [5.41, 5.74) is 2.53. The van der Waals surface area contributed by atoms with Crippen molar-refractivity contribution in [1.82, 2.24) is 0 Å². The molecule has 1 amide bonds. The first kappa shape index (κ1) is 8.04. The molecule has 0 radical (unpaired) electrons. The van der Waals surface area contributed by atoms with Crippen molar-refractivity contribution < 1.29 is 4.79 Å². The standard InChI is InChI=1S/C12H13NO/c1-12-7-6-11(14)13(12)10-5-3-2-4-9(10)8-12/h2-5H,6-8H2,1H3. The Labute approximate surface area is 83.5 Å². The monoisotopic (exact) mass is 187 g/mol. The Morgan fingerprint density at radius 3 is 3.00 bits per heavy atom. The fourth-order valence-electron chi connectivity index (χ4n) is 2.78. The van der Waals surface area contributed by atoms with Crippen LogP contribution in [-0.4, -0.2) is 11.4 Å². The first-order valence-corrected chi connectivity index (χ1v) is 5.12. The summed E-state index contributed by atoms with van der Waals surface area (Å²) in [6.45, 7) is 2.19. The van der Waals surface area contributed by atoms with E-state index in [2.05, 4.69) is 25.1 Å². The predicted octanol–water partition coefficient (Wildman–Crippen LogP) is 2.13. The molecule has 2 aliphatic rings. The number of para-hydroxylation sites is 1. The van der Waals surface area contributed by atoms with E-state index in [9.17, 15) is 4.79 Å². The molecule has 1 aromatic carbocycles. The highest BCUT2D eigenvalue weighted by Gasteiger charge is 2.47. The molecule has 0 spiro atoms. The summed E-state index contributed by atoms with van der Waals surface area (Å²) in [7, 11) is 0. The molecule has 1 fully saturated rings. The van der Waals surface area contributed by atoms with Crippen molar-refractivity contribution >= 4 is 11.6 Å². The first-order chi connectivity index (χ1) is 6.71. The SMILES string of the molecule is CC12CCC(=O)N1c1ccccc1C2. The second kappa shape index (κ2) is 2.38. The molecule has 14 heavy (non-hydrogen) atoms. The summed E-state index contributed by atoms with van der Waals surface area (Å²) >= 11 is 0. The Balaban J connectivity index is 2.18. The molecule has 2 heteroatoms. The summed E-state index contributed by atoms with van der Waals surface area (Å²) in [5.74, 6) is 0.289. The number of hydrogen-bond acceptors (Lipinski definition) is 1. The molecule has 1 atom stereocenters. The lowest BCUT2D eigenvalue weighted by Crippen LogP contribution is -2.40. The number of rotatable bonds is 0. The lowest BCUT2D eigenvalue weighted by molar-refractivity contribution is -0.117. The van der Waals surface area contributed by atoms with Gasteiger partial charge >= 0.3 is 0 Å². The Morgan fingerprint density at radius 1 is 1.36 bits per heavy atom. The molecule has 72 valence electrons. The molecule has 0 bridgehead atoms. The van der Waals surface area contributed by atoms with Crippen LogP contribution < -0.4 is 4.90 Å². The van der Waals surface area contributed by atoms with Crippen LogP contribution in [-0.2, 0) is 11.2 Å². The summed E-state index contributed by atoms with van der Waals surface area (Å²) in [4.78, 5) is 13.8. The van der Waals surface area contributed by atoms with Crippen molar-refractivity contribution in [2.75, 3.05) is 4.90 Å². The van der Waals surface area contributed by atoms with Crippen molar-refractivity contribution in [1.29, 1.82) is 0 Å². The van der Waals surface area contributed by atoms with Gasteiger partial charge in [0.05, 0.1) is 0 Å². The summed E-state index contributed by atoms with van der Waals surface area (Å²) in [6.07, 6.45) is 2.74. The van der Waals surface area contributed by atoms with Crippen LogP contribution in [0, 0.1) is 0 Å². The molecule has 0 aliphatic carbocycles. The number of benzene rings is 1. The van der Waals surface area contributed by atoms with Crippen molar-refractivity contribution in [2.45, 2.75) is 31.7 Å². The Hall–Kier alpha value is -1.31. The van der Waals surface area contributed by atoms with E-state index in [1.165, 1.54) is 5.56 Å². The minimum Gasteiger partial charge on any atom is -0.306 e.